The number of nitrogens with one attached hydrogen (secondary N) is 1. The molecule has 2 aromatic heterocycles. The van der Waals surface area contributed by atoms with E-state index < -0.39 is 38.4 Å². The number of phosphoric acid groups is 1. The van der Waals surface area contributed by atoms with E-state index >= 15 is 0 Å². The first kappa shape index (κ1) is 16.1. The number of nitrogens with two attached hydrogens (primary N) is 1. The summed E-state index contributed by atoms with van der Waals surface area (Å²) in [6, 6.07) is 0. The van der Waals surface area contributed by atoms with E-state index in [4.69, 9.17) is 20.3 Å². The molecule has 3 atom stereocenters. The Hall–Kier alpha value is -1.82. The van der Waals surface area contributed by atoms with Gasteiger partial charge in [-0.2, -0.15) is 4.98 Å². The smallest absolute Gasteiger partial charge is 0.390 e. The summed E-state index contributed by atoms with van der Waals surface area (Å²) >= 11 is 0. The van der Waals surface area contributed by atoms with Gasteiger partial charge in [0.1, 0.15) is 12.3 Å². The Labute approximate surface area is 128 Å². The number of aliphatic hydroxyl groups is 1. The molecule has 2 aromatic rings. The van der Waals surface area contributed by atoms with Crippen LogP contribution in [0, 0.1) is 0 Å². The maximum atomic E-state index is 11.7. The number of nitrogens with zero attached hydrogens (tertiary/aromatic N) is 3. The van der Waals surface area contributed by atoms with Crippen LogP contribution < -0.4 is 11.3 Å². The highest BCUT2D eigenvalue weighted by Crippen LogP contribution is 2.38. The van der Waals surface area contributed by atoms with Gasteiger partial charge >= 0.3 is 7.82 Å². The van der Waals surface area contributed by atoms with E-state index in [1.54, 1.807) is 0 Å². The quantitative estimate of drug-likeness (QED) is 0.406. The van der Waals surface area contributed by atoms with Gasteiger partial charge in [0, 0.05) is 6.42 Å². The maximum Gasteiger partial charge on any atom is 0.469 e. The van der Waals surface area contributed by atoms with Gasteiger partial charge in [0.05, 0.1) is 19.0 Å². The van der Waals surface area contributed by atoms with Crippen LogP contribution in [0.4, 0.5) is 5.95 Å². The summed E-state index contributed by atoms with van der Waals surface area (Å²) in [4.78, 5) is 39.3. The molecule has 0 amide bonds. The van der Waals surface area contributed by atoms with Gasteiger partial charge in [-0.05, 0) is 0 Å². The second-order valence-electron chi connectivity index (χ2n) is 4.99. The first-order valence-electron chi connectivity index (χ1n) is 6.50. The van der Waals surface area contributed by atoms with Gasteiger partial charge in [0.15, 0.2) is 11.2 Å². The van der Waals surface area contributed by atoms with E-state index in [2.05, 4.69) is 19.5 Å². The molecule has 1 fully saturated rings. The average molecular weight is 347 g/mol. The molecular weight excluding hydrogens is 333 g/mol. The van der Waals surface area contributed by atoms with Crippen molar-refractivity contribution < 1.29 is 28.7 Å². The third-order valence-corrected chi connectivity index (χ3v) is 3.86. The van der Waals surface area contributed by atoms with Crippen LogP contribution >= 0.6 is 7.82 Å². The number of nitrogen functional groups attached to an aromatic ring is 1. The number of phosphoric ester groups is 1. The van der Waals surface area contributed by atoms with E-state index in [0.29, 0.717) is 0 Å². The molecule has 0 aliphatic carbocycles. The highest BCUT2D eigenvalue weighted by molar-refractivity contribution is 7.46. The lowest BCUT2D eigenvalue weighted by Crippen LogP contribution is -2.25. The van der Waals surface area contributed by atoms with E-state index in [1.807, 2.05) is 0 Å². The van der Waals surface area contributed by atoms with Crippen molar-refractivity contribution in [1.82, 2.24) is 19.5 Å². The van der Waals surface area contributed by atoms with Crippen LogP contribution in [0.5, 0.6) is 0 Å². The number of aromatic amines is 1. The summed E-state index contributed by atoms with van der Waals surface area (Å²) in [5.41, 5.74) is 5.23. The van der Waals surface area contributed by atoms with Crippen molar-refractivity contribution in [3.8, 4) is 0 Å². The van der Waals surface area contributed by atoms with E-state index in [9.17, 15) is 14.5 Å². The van der Waals surface area contributed by atoms with E-state index in [1.165, 1.54) is 10.9 Å². The highest BCUT2D eigenvalue weighted by Gasteiger charge is 2.37. The molecule has 12 nitrogen and oxygen atoms in total. The Balaban J connectivity index is 1.84. The molecule has 0 radical (unpaired) electrons. The van der Waals surface area contributed by atoms with E-state index in [0.717, 1.165) is 0 Å². The molecule has 1 aliphatic heterocycles. The molecule has 126 valence electrons. The van der Waals surface area contributed by atoms with Gasteiger partial charge in [-0.15, -0.1) is 0 Å². The SMILES string of the molecule is Nc1nc2c(ncn2[C@H]2C[C@@H](O)[C@@H](COP(=O)(O)O)O2)c(=O)[nH]1. The lowest BCUT2D eigenvalue weighted by Gasteiger charge is -2.16. The number of hydrogen-bond acceptors (Lipinski definition) is 8. The lowest BCUT2D eigenvalue weighted by atomic mass is 10.2. The molecule has 0 bridgehead atoms. The Kier molecular flexibility index (Phi) is 3.96. The van der Waals surface area contributed by atoms with Crippen molar-refractivity contribution in [2.75, 3.05) is 12.3 Å². The molecular formula is C10H14N5O7P. The van der Waals surface area contributed by atoms with Crippen molar-refractivity contribution in [3.05, 3.63) is 16.7 Å². The maximum absolute atomic E-state index is 11.7. The summed E-state index contributed by atoms with van der Waals surface area (Å²) in [6.07, 6.45) is -1.26. The third kappa shape index (κ3) is 3.27. The first-order chi connectivity index (χ1) is 10.7. The molecule has 0 saturated carbocycles. The fourth-order valence-electron chi connectivity index (χ4n) is 2.36. The Morgan fingerprint density at radius 1 is 1.57 bits per heavy atom. The minimum absolute atomic E-state index is 0.0622. The standard InChI is InChI=1S/C10H14N5O7P/c11-10-13-8-7(9(17)14-10)12-3-15(8)6-1-4(16)5(22-6)2-21-23(18,19)20/h3-6,16H,1-2H2,(H2,18,19,20)(H3,11,13,14,17)/t4-,5-,6-/m1/s1. The minimum Gasteiger partial charge on any atom is -0.390 e. The third-order valence-electron chi connectivity index (χ3n) is 3.37. The highest BCUT2D eigenvalue weighted by atomic mass is 31.2. The summed E-state index contributed by atoms with van der Waals surface area (Å²) in [7, 11) is -4.66. The first-order valence-corrected chi connectivity index (χ1v) is 8.03. The molecule has 3 rings (SSSR count). The topological polar surface area (TPSA) is 186 Å². The molecule has 1 saturated heterocycles. The number of hydrogen-bond donors (Lipinski definition) is 5. The second kappa shape index (κ2) is 5.67. The number of anilines is 1. The molecule has 6 N–H and O–H groups in total. The molecule has 3 heterocycles. The van der Waals surface area contributed by atoms with Crippen LogP contribution in [0.3, 0.4) is 0 Å². The number of fused-ring (bicyclic) bond motifs is 1. The largest absolute Gasteiger partial charge is 0.469 e. The Morgan fingerprint density at radius 3 is 3.00 bits per heavy atom. The van der Waals surface area contributed by atoms with Gasteiger partial charge in [-0.25, -0.2) is 9.55 Å². The van der Waals surface area contributed by atoms with Crippen LogP contribution in [0.1, 0.15) is 12.6 Å². The molecule has 23 heavy (non-hydrogen) atoms. The average Bonchev–Trinajstić information content (AvgIpc) is 2.99. The number of aromatic nitrogens is 4. The molecule has 1 aliphatic rings. The van der Waals surface area contributed by atoms with Crippen LogP contribution in [0.2, 0.25) is 0 Å². The zero-order valence-corrected chi connectivity index (χ0v) is 12.5. The summed E-state index contributed by atoms with van der Waals surface area (Å²) < 4.78 is 22.0. The van der Waals surface area contributed by atoms with Gasteiger partial charge in [0.25, 0.3) is 5.56 Å². The number of H-pyrrole nitrogens is 1. The molecule has 0 aromatic carbocycles. The van der Waals surface area contributed by atoms with Gasteiger partial charge in [-0.3, -0.25) is 18.9 Å². The summed E-state index contributed by atoms with van der Waals surface area (Å²) in [6.45, 7) is -0.481. The van der Waals surface area contributed by atoms with Crippen LogP contribution in [-0.4, -0.2) is 53.2 Å². The number of aliphatic hydroxyl groups excluding tert-OH is 1. The molecule has 0 unspecified atom stereocenters. The summed E-state index contributed by atoms with van der Waals surface area (Å²) in [5.74, 6) is -0.0934. The minimum atomic E-state index is -4.66. The zero-order chi connectivity index (χ0) is 16.8. The van der Waals surface area contributed by atoms with Gasteiger partial charge < -0.3 is 25.4 Å². The fourth-order valence-corrected chi connectivity index (χ4v) is 2.70. The number of ether oxygens (including phenoxy) is 1. The van der Waals surface area contributed by atoms with Crippen molar-refractivity contribution in [3.63, 3.8) is 0 Å². The normalized spacial score (nSPS) is 25.3. The Bertz CT molecular complexity index is 829. The van der Waals surface area contributed by atoms with Gasteiger partial charge in [0.2, 0.25) is 5.95 Å². The Morgan fingerprint density at radius 2 is 2.30 bits per heavy atom. The van der Waals surface area contributed by atoms with Crippen molar-refractivity contribution in [2.24, 2.45) is 0 Å². The zero-order valence-electron chi connectivity index (χ0n) is 11.6. The molecule has 13 heteroatoms. The number of rotatable bonds is 4. The van der Waals surface area contributed by atoms with E-state index in [-0.39, 0.29) is 23.5 Å². The molecule has 0 spiro atoms. The van der Waals surface area contributed by atoms with Crippen LogP contribution in [0.15, 0.2) is 11.1 Å². The monoisotopic (exact) mass is 347 g/mol. The number of imidazole rings is 1. The predicted octanol–water partition coefficient (Wildman–Crippen LogP) is -1.54. The van der Waals surface area contributed by atoms with Crippen molar-refractivity contribution >= 4 is 24.9 Å². The lowest BCUT2D eigenvalue weighted by molar-refractivity contribution is -0.0424. The van der Waals surface area contributed by atoms with Crippen LogP contribution in [0.25, 0.3) is 11.2 Å². The van der Waals surface area contributed by atoms with Gasteiger partial charge in [-0.1, -0.05) is 0 Å². The second-order valence-corrected chi connectivity index (χ2v) is 6.23. The van der Waals surface area contributed by atoms with Crippen molar-refractivity contribution in [2.45, 2.75) is 24.9 Å². The predicted molar refractivity (Wildman–Crippen MR) is 75.1 cm³/mol. The fraction of sp³-hybridized carbons (Fsp3) is 0.500. The summed E-state index contributed by atoms with van der Waals surface area (Å²) in [5, 5.41) is 9.93. The van der Waals surface area contributed by atoms with Crippen LogP contribution in [-0.2, 0) is 13.8 Å². The van der Waals surface area contributed by atoms with Crippen molar-refractivity contribution in [1.29, 1.82) is 0 Å².